The van der Waals surface area contributed by atoms with Gasteiger partial charge < -0.3 is 0 Å². The summed E-state index contributed by atoms with van der Waals surface area (Å²) in [6.07, 6.45) is 11.1. The summed E-state index contributed by atoms with van der Waals surface area (Å²) < 4.78 is 7.53. The van der Waals surface area contributed by atoms with Crippen molar-refractivity contribution in [2.45, 2.75) is 86.6 Å². The molecule has 0 saturated heterocycles. The van der Waals surface area contributed by atoms with Crippen LogP contribution >= 0.6 is 22.7 Å². The monoisotopic (exact) mass is 511 g/mol. The molecule has 3 heterocycles. The average molecular weight is 510 g/mol. The number of nitrogens with zero attached hydrogens (tertiary/aromatic N) is 1. The number of fused-ring (bicyclic) bond motifs is 3. The van der Waals surface area contributed by atoms with E-state index in [1.54, 1.807) is 13.1 Å². The van der Waals surface area contributed by atoms with Crippen molar-refractivity contribution in [2.75, 3.05) is 0 Å². The fourth-order valence-electron chi connectivity index (χ4n) is 4.06. The van der Waals surface area contributed by atoms with Gasteiger partial charge in [0.25, 0.3) is 0 Å². The molecule has 0 bridgehead atoms. The number of hydrogen-bond donors (Lipinski definition) is 0. The van der Waals surface area contributed by atoms with E-state index < -0.39 is 18.4 Å². The molecule has 1 unspecified atom stereocenters. The van der Waals surface area contributed by atoms with Gasteiger partial charge in [-0.15, -0.1) is 0 Å². The summed E-state index contributed by atoms with van der Waals surface area (Å²) in [5.41, 5.74) is 3.03. The Kier molecular flexibility index (Phi) is 7.77. The Morgan fingerprint density at radius 3 is 2.37 bits per heavy atom. The third-order valence-corrected chi connectivity index (χ3v) is 17.4. The van der Waals surface area contributed by atoms with Gasteiger partial charge in [-0.25, -0.2) is 0 Å². The molecule has 1 nitrogen and oxygen atoms in total. The minimum absolute atomic E-state index is 0.835. The molecule has 1 atom stereocenters. The summed E-state index contributed by atoms with van der Waals surface area (Å²) >= 11 is 2.04. The number of hydrogen-bond acceptors (Lipinski definition) is 2. The Labute approximate surface area is 178 Å². The first-order chi connectivity index (χ1) is 13.0. The van der Waals surface area contributed by atoms with E-state index in [0.29, 0.717) is 0 Å². The molecule has 150 valence electrons. The van der Waals surface area contributed by atoms with Crippen LogP contribution in [-0.2, 0) is 6.54 Å². The van der Waals surface area contributed by atoms with E-state index in [1.807, 2.05) is 11.3 Å². The first-order valence-corrected chi connectivity index (χ1v) is 22.6. The second-order valence-corrected chi connectivity index (χ2v) is 26.6. The van der Waals surface area contributed by atoms with Crippen LogP contribution in [-0.4, -0.2) is 22.9 Å². The molecule has 0 radical (unpaired) electrons. The third kappa shape index (κ3) is 5.14. The summed E-state index contributed by atoms with van der Waals surface area (Å²) in [5, 5.41) is 2.29. The fourth-order valence-corrected chi connectivity index (χ4v) is 11.5. The number of thiophene rings is 2. The molecular weight excluding hydrogens is 473 g/mol. The Balaban J connectivity index is 1.89. The fraction of sp³-hybridized carbons (Fsp3) is 0.652. The molecule has 3 aromatic rings. The van der Waals surface area contributed by atoms with Crippen LogP contribution in [0.4, 0.5) is 0 Å². The van der Waals surface area contributed by atoms with E-state index in [0.717, 1.165) is 5.92 Å². The molecule has 27 heavy (non-hydrogen) atoms. The second kappa shape index (κ2) is 9.67. The van der Waals surface area contributed by atoms with Gasteiger partial charge in [-0.05, 0) is 0 Å². The third-order valence-electron chi connectivity index (χ3n) is 5.76. The molecule has 0 amide bonds. The summed E-state index contributed by atoms with van der Waals surface area (Å²) in [4.78, 5) is 7.65. The van der Waals surface area contributed by atoms with Gasteiger partial charge in [0.15, 0.2) is 0 Å². The quantitative estimate of drug-likeness (QED) is 0.181. The average Bonchev–Trinajstić information content (AvgIpc) is 3.30. The molecule has 0 fully saturated rings. The summed E-state index contributed by atoms with van der Waals surface area (Å²) in [5.74, 6) is 0.835. The van der Waals surface area contributed by atoms with Crippen LogP contribution in [0.2, 0.25) is 14.8 Å². The van der Waals surface area contributed by atoms with Gasteiger partial charge in [0.05, 0.1) is 0 Å². The SMILES string of the molecule is CCCCCCC(CCCC)Cn1c2ccsc2c2s[c]([Sn]([CH3])([CH3])[CH3])cc21. The normalized spacial score (nSPS) is 13.8. The van der Waals surface area contributed by atoms with Crippen LogP contribution in [0, 0.1) is 5.92 Å². The zero-order chi connectivity index (χ0) is 19.4. The minimum atomic E-state index is -2.01. The van der Waals surface area contributed by atoms with Crippen molar-refractivity contribution >= 4 is 64.4 Å². The molecule has 0 aromatic carbocycles. The van der Waals surface area contributed by atoms with Gasteiger partial charge in [-0.3, -0.25) is 0 Å². The standard InChI is InChI=1S/C20H28NS2.3CH3.Sn/c1-3-5-7-8-10-16(9-6-4-2)15-21-17-11-13-22-19(17)20-18(21)12-14-23-20;;;;/h11-13,16H,3-10,15H2,1-2H3;3*1H3;. The van der Waals surface area contributed by atoms with Gasteiger partial charge in [-0.2, -0.15) is 0 Å². The van der Waals surface area contributed by atoms with Crippen LogP contribution in [0.3, 0.4) is 0 Å². The summed E-state index contributed by atoms with van der Waals surface area (Å²) in [6.45, 7) is 5.87. The molecular formula is C23H37NS2Sn. The Morgan fingerprint density at radius 1 is 0.926 bits per heavy atom. The maximum absolute atomic E-state index is 2.69. The van der Waals surface area contributed by atoms with E-state index in [-0.39, 0.29) is 0 Å². The van der Waals surface area contributed by atoms with Gasteiger partial charge in [-0.1, -0.05) is 0 Å². The van der Waals surface area contributed by atoms with Gasteiger partial charge in [0, 0.05) is 0 Å². The topological polar surface area (TPSA) is 4.93 Å². The zero-order valence-electron chi connectivity index (χ0n) is 17.9. The van der Waals surface area contributed by atoms with Gasteiger partial charge in [0.2, 0.25) is 0 Å². The molecule has 0 spiro atoms. The van der Waals surface area contributed by atoms with Gasteiger partial charge >= 0.3 is 179 Å². The molecule has 4 heteroatoms. The van der Waals surface area contributed by atoms with E-state index in [1.165, 1.54) is 68.1 Å². The predicted octanol–water partition coefficient (Wildman–Crippen LogP) is 8.24. The van der Waals surface area contributed by atoms with E-state index in [4.69, 9.17) is 0 Å². The maximum atomic E-state index is 2.69. The van der Waals surface area contributed by atoms with E-state index >= 15 is 0 Å². The van der Waals surface area contributed by atoms with Crippen molar-refractivity contribution < 1.29 is 0 Å². The summed E-state index contributed by atoms with van der Waals surface area (Å²) in [6, 6.07) is 4.94. The number of rotatable bonds is 11. The Morgan fingerprint density at radius 2 is 1.67 bits per heavy atom. The van der Waals surface area contributed by atoms with Crippen molar-refractivity contribution in [1.29, 1.82) is 0 Å². The van der Waals surface area contributed by atoms with E-state index in [9.17, 15) is 0 Å². The van der Waals surface area contributed by atoms with Crippen molar-refractivity contribution in [1.82, 2.24) is 4.57 Å². The van der Waals surface area contributed by atoms with Crippen molar-refractivity contribution in [3.63, 3.8) is 0 Å². The van der Waals surface area contributed by atoms with Crippen LogP contribution in [0.25, 0.3) is 20.4 Å². The molecule has 0 aliphatic heterocycles. The molecule has 0 aliphatic rings. The molecule has 0 saturated carbocycles. The van der Waals surface area contributed by atoms with Crippen LogP contribution in [0.15, 0.2) is 17.5 Å². The molecule has 3 rings (SSSR count). The van der Waals surface area contributed by atoms with Gasteiger partial charge in [0.1, 0.15) is 0 Å². The Hall–Kier alpha value is -0.00130. The van der Waals surface area contributed by atoms with Crippen molar-refractivity contribution in [2.24, 2.45) is 5.92 Å². The molecule has 0 aliphatic carbocycles. The van der Waals surface area contributed by atoms with Crippen molar-refractivity contribution in [3.8, 4) is 0 Å². The second-order valence-electron chi connectivity index (χ2n) is 9.18. The van der Waals surface area contributed by atoms with Crippen molar-refractivity contribution in [3.05, 3.63) is 17.5 Å². The Bertz CT molecular complexity index is 849. The summed E-state index contributed by atoms with van der Waals surface area (Å²) in [7, 11) is 0. The molecule has 0 N–H and O–H groups in total. The van der Waals surface area contributed by atoms with Crippen LogP contribution in [0.5, 0.6) is 0 Å². The van der Waals surface area contributed by atoms with Crippen LogP contribution in [0.1, 0.15) is 65.2 Å². The predicted molar refractivity (Wildman–Crippen MR) is 130 cm³/mol. The number of aromatic nitrogens is 1. The first-order valence-electron chi connectivity index (χ1n) is 10.9. The first kappa shape index (κ1) is 21.7. The van der Waals surface area contributed by atoms with Crippen LogP contribution < -0.4 is 2.89 Å². The van der Waals surface area contributed by atoms with E-state index in [2.05, 4.69) is 62.1 Å². The zero-order valence-corrected chi connectivity index (χ0v) is 22.4. The number of unbranched alkanes of at least 4 members (excludes halogenated alkanes) is 4. The molecule has 3 aromatic heterocycles.